The van der Waals surface area contributed by atoms with Gasteiger partial charge in [-0.05, 0) is 51.7 Å². The average Bonchev–Trinajstić information content (AvgIpc) is 2.54. The maximum absolute atomic E-state index is 13.9. The van der Waals surface area contributed by atoms with Gasteiger partial charge in [0.2, 0.25) is 5.52 Å². The Hall–Kier alpha value is -1.41. The first-order valence-electron chi connectivity index (χ1n) is 9.16. The Kier molecular flexibility index (Phi) is 6.62. The fourth-order valence-corrected chi connectivity index (χ4v) is 7.11. The highest BCUT2D eigenvalue weighted by Crippen LogP contribution is 2.58. The van der Waals surface area contributed by atoms with Crippen molar-refractivity contribution in [2.24, 2.45) is 0 Å². The zero-order valence-corrected chi connectivity index (χ0v) is 16.7. The van der Waals surface area contributed by atoms with E-state index in [2.05, 4.69) is 0 Å². The van der Waals surface area contributed by atoms with Crippen molar-refractivity contribution in [1.82, 2.24) is 0 Å². The van der Waals surface area contributed by atoms with Crippen molar-refractivity contribution >= 4 is 18.6 Å². The van der Waals surface area contributed by atoms with Gasteiger partial charge in [-0.3, -0.25) is 9.59 Å². The van der Waals surface area contributed by atoms with Crippen molar-refractivity contribution in [3.8, 4) is 0 Å². The van der Waals surface area contributed by atoms with Gasteiger partial charge in [0.1, 0.15) is 6.16 Å². The van der Waals surface area contributed by atoms with Crippen molar-refractivity contribution in [2.45, 2.75) is 65.5 Å². The number of esters is 1. The summed E-state index contributed by atoms with van der Waals surface area (Å²) in [5, 5.41) is 0. The molecular formula is C20H29O4P. The molecule has 1 aliphatic carbocycles. The minimum atomic E-state index is -3.38. The minimum Gasteiger partial charge on any atom is -0.466 e. The van der Waals surface area contributed by atoms with Crippen molar-refractivity contribution in [3.05, 3.63) is 34.4 Å². The van der Waals surface area contributed by atoms with Crippen molar-refractivity contribution in [3.63, 3.8) is 0 Å². The third-order valence-electron chi connectivity index (χ3n) is 5.07. The monoisotopic (exact) mass is 364 g/mol. The van der Waals surface area contributed by atoms with Gasteiger partial charge in [-0.2, -0.15) is 0 Å². The van der Waals surface area contributed by atoms with Crippen LogP contribution in [0.2, 0.25) is 0 Å². The molecule has 5 heteroatoms. The van der Waals surface area contributed by atoms with Gasteiger partial charge in [0.05, 0.1) is 6.61 Å². The van der Waals surface area contributed by atoms with E-state index < -0.39 is 13.1 Å². The van der Waals surface area contributed by atoms with Gasteiger partial charge in [-0.25, -0.2) is 0 Å². The predicted molar refractivity (Wildman–Crippen MR) is 101 cm³/mol. The fourth-order valence-electron chi connectivity index (χ4n) is 3.97. The number of carbonyl (C=O) groups excluding carboxylic acids is 2. The van der Waals surface area contributed by atoms with Crippen molar-refractivity contribution < 1.29 is 18.9 Å². The maximum atomic E-state index is 13.9. The van der Waals surface area contributed by atoms with Crippen LogP contribution in [-0.2, 0) is 14.1 Å². The van der Waals surface area contributed by atoms with E-state index in [0.717, 1.165) is 48.8 Å². The summed E-state index contributed by atoms with van der Waals surface area (Å²) < 4.78 is 18.9. The molecule has 2 rings (SSSR count). The SMILES string of the molecule is CCOC(=O)CP(=O)(C(=O)c1c(C)cc(C)cc1C)C1CCCCC1. The van der Waals surface area contributed by atoms with Gasteiger partial charge in [-0.15, -0.1) is 0 Å². The number of hydrogen-bond acceptors (Lipinski definition) is 4. The second-order valence-corrected chi connectivity index (χ2v) is 10.2. The van der Waals surface area contributed by atoms with Crippen molar-refractivity contribution in [2.75, 3.05) is 12.8 Å². The molecular weight excluding hydrogens is 335 g/mol. The van der Waals surface area contributed by atoms with Crippen LogP contribution in [0.3, 0.4) is 0 Å². The van der Waals surface area contributed by atoms with E-state index in [1.54, 1.807) is 6.92 Å². The maximum Gasteiger partial charge on any atom is 0.313 e. The predicted octanol–water partition coefficient (Wildman–Crippen LogP) is 5.01. The largest absolute Gasteiger partial charge is 0.466 e. The Bertz CT molecular complexity index is 679. The number of ether oxygens (including phenoxy) is 1. The van der Waals surface area contributed by atoms with E-state index in [4.69, 9.17) is 4.74 Å². The van der Waals surface area contributed by atoms with Crippen LogP contribution < -0.4 is 0 Å². The molecule has 1 aliphatic rings. The molecule has 1 unspecified atom stereocenters. The second-order valence-electron chi connectivity index (χ2n) is 7.13. The number of aryl methyl sites for hydroxylation is 3. The molecule has 0 bridgehead atoms. The number of carbonyl (C=O) groups is 2. The molecule has 138 valence electrons. The quantitative estimate of drug-likeness (QED) is 0.526. The Morgan fingerprint density at radius 1 is 1.08 bits per heavy atom. The summed E-state index contributed by atoms with van der Waals surface area (Å²) in [6, 6.07) is 3.88. The molecule has 0 radical (unpaired) electrons. The Balaban J connectivity index is 2.45. The van der Waals surface area contributed by atoms with Gasteiger partial charge in [0.25, 0.3) is 0 Å². The Labute approximate surface area is 150 Å². The molecule has 4 nitrogen and oxygen atoms in total. The van der Waals surface area contributed by atoms with Crippen LogP contribution in [0.25, 0.3) is 0 Å². The average molecular weight is 364 g/mol. The molecule has 0 aliphatic heterocycles. The molecule has 0 amide bonds. The zero-order chi connectivity index (χ0) is 18.6. The Morgan fingerprint density at radius 2 is 1.64 bits per heavy atom. The summed E-state index contributed by atoms with van der Waals surface area (Å²) in [7, 11) is -3.38. The third-order valence-corrected chi connectivity index (χ3v) is 8.40. The molecule has 0 spiro atoms. The molecule has 0 heterocycles. The summed E-state index contributed by atoms with van der Waals surface area (Å²) in [6.07, 6.45) is 4.29. The van der Waals surface area contributed by atoms with E-state index in [9.17, 15) is 14.2 Å². The third kappa shape index (κ3) is 4.41. The van der Waals surface area contributed by atoms with Crippen LogP contribution in [0.5, 0.6) is 0 Å². The summed E-state index contributed by atoms with van der Waals surface area (Å²) in [5.74, 6) is -0.521. The lowest BCUT2D eigenvalue weighted by Gasteiger charge is -2.30. The number of hydrogen-bond donors (Lipinski definition) is 0. The van der Waals surface area contributed by atoms with Gasteiger partial charge in [0.15, 0.2) is 7.14 Å². The molecule has 1 atom stereocenters. The first-order valence-corrected chi connectivity index (χ1v) is 11.1. The molecule has 1 fully saturated rings. The van der Waals surface area contributed by atoms with Gasteiger partial charge >= 0.3 is 5.97 Å². The van der Waals surface area contributed by atoms with Crippen LogP contribution in [0.15, 0.2) is 12.1 Å². The fraction of sp³-hybridized carbons (Fsp3) is 0.600. The van der Waals surface area contributed by atoms with Crippen molar-refractivity contribution in [1.29, 1.82) is 0 Å². The van der Waals surface area contributed by atoms with Gasteiger partial charge in [-0.1, -0.05) is 37.0 Å². The second kappa shape index (κ2) is 8.31. The molecule has 25 heavy (non-hydrogen) atoms. The standard InChI is InChI=1S/C20H29O4P/c1-5-24-18(21)13-25(23,17-9-7-6-8-10-17)20(22)19-15(3)11-14(2)12-16(19)4/h11-12,17H,5-10,13H2,1-4H3. The molecule has 0 N–H and O–H groups in total. The normalized spacial score (nSPS) is 17.8. The smallest absolute Gasteiger partial charge is 0.313 e. The molecule has 1 saturated carbocycles. The van der Waals surface area contributed by atoms with Crippen LogP contribution in [0, 0.1) is 20.8 Å². The Morgan fingerprint density at radius 3 is 2.16 bits per heavy atom. The highest BCUT2D eigenvalue weighted by Gasteiger charge is 2.43. The highest BCUT2D eigenvalue weighted by molar-refractivity contribution is 7.82. The first-order chi connectivity index (χ1) is 11.8. The molecule has 1 aromatic carbocycles. The summed E-state index contributed by atoms with van der Waals surface area (Å²) in [5.41, 5.74) is 2.75. The topological polar surface area (TPSA) is 60.4 Å². The lowest BCUT2D eigenvalue weighted by atomic mass is 10.0. The van der Waals surface area contributed by atoms with Crippen LogP contribution in [0.4, 0.5) is 0 Å². The van der Waals surface area contributed by atoms with Crippen LogP contribution in [0.1, 0.15) is 66.1 Å². The van der Waals surface area contributed by atoms with Crippen LogP contribution in [-0.4, -0.2) is 29.9 Å². The number of rotatable bonds is 6. The van der Waals surface area contributed by atoms with Crippen LogP contribution >= 0.6 is 7.14 Å². The van der Waals surface area contributed by atoms with E-state index in [0.29, 0.717) is 5.56 Å². The molecule has 0 aromatic heterocycles. The van der Waals surface area contributed by atoms with Gasteiger partial charge in [0, 0.05) is 11.2 Å². The van der Waals surface area contributed by atoms with E-state index in [1.165, 1.54) is 0 Å². The van der Waals surface area contributed by atoms with E-state index in [1.807, 2.05) is 32.9 Å². The first kappa shape index (κ1) is 19.9. The molecule has 0 saturated heterocycles. The lowest BCUT2D eigenvalue weighted by Crippen LogP contribution is -2.25. The highest BCUT2D eigenvalue weighted by atomic mass is 31.2. The summed E-state index contributed by atoms with van der Waals surface area (Å²) in [4.78, 5) is 25.5. The van der Waals surface area contributed by atoms with E-state index in [-0.39, 0.29) is 24.0 Å². The number of benzene rings is 1. The minimum absolute atomic E-state index is 0.196. The molecule has 1 aromatic rings. The summed E-state index contributed by atoms with van der Waals surface area (Å²) in [6.45, 7) is 7.69. The summed E-state index contributed by atoms with van der Waals surface area (Å²) >= 11 is 0. The zero-order valence-electron chi connectivity index (χ0n) is 15.8. The van der Waals surface area contributed by atoms with Gasteiger partial charge < -0.3 is 9.30 Å². The van der Waals surface area contributed by atoms with E-state index >= 15 is 0 Å². The lowest BCUT2D eigenvalue weighted by molar-refractivity contribution is -0.140.